The highest BCUT2D eigenvalue weighted by molar-refractivity contribution is 6.41. The number of allylic oxidation sites excluding steroid dienone is 2. The topological polar surface area (TPSA) is 85.8 Å². The van der Waals surface area contributed by atoms with Crippen LogP contribution in [0.15, 0.2) is 28.8 Å². The Kier molecular flexibility index (Phi) is 2.51. The summed E-state index contributed by atoms with van der Waals surface area (Å²) in [7, 11) is 0. The third-order valence-electron chi connectivity index (χ3n) is 3.06. The van der Waals surface area contributed by atoms with E-state index < -0.39 is 41.9 Å². The minimum Gasteiger partial charge on any atom is -0.375 e. The van der Waals surface area contributed by atoms with Crippen LogP contribution in [0.5, 0.6) is 0 Å². The van der Waals surface area contributed by atoms with Crippen molar-refractivity contribution < 1.29 is 18.7 Å². The summed E-state index contributed by atoms with van der Waals surface area (Å²) in [6.07, 6.45) is 0.809. The normalized spacial score (nSPS) is 38.8. The van der Waals surface area contributed by atoms with E-state index in [9.17, 15) is 18.7 Å². The van der Waals surface area contributed by atoms with Crippen LogP contribution >= 0.6 is 0 Å². The Balaban J connectivity index is 2.00. The lowest BCUT2D eigenvalue weighted by atomic mass is 9.94. The first kappa shape index (κ1) is 11.5. The van der Waals surface area contributed by atoms with Gasteiger partial charge in [-0.1, -0.05) is 0 Å². The molecule has 2 aliphatic heterocycles. The lowest BCUT2D eigenvalue weighted by Gasteiger charge is -2.39. The zero-order chi connectivity index (χ0) is 12.9. The number of amides is 1. The molecule has 3 rings (SSSR count). The maximum atomic E-state index is 13.6. The molecule has 1 saturated heterocycles. The van der Waals surface area contributed by atoms with Gasteiger partial charge in [-0.2, -0.15) is 0 Å². The molecule has 96 valence electrons. The van der Waals surface area contributed by atoms with Crippen molar-refractivity contribution in [3.05, 3.63) is 23.8 Å². The van der Waals surface area contributed by atoms with Crippen LogP contribution in [0.1, 0.15) is 0 Å². The SMILES string of the molecule is O=C1NNC(O)C2NC3C=C(F)C=C(F)C3N=C12. The average molecular weight is 256 g/mol. The van der Waals surface area contributed by atoms with E-state index in [4.69, 9.17) is 0 Å². The number of halogens is 2. The number of carbonyl (C=O) groups excluding carboxylic acids is 1. The molecule has 1 aliphatic carbocycles. The quantitative estimate of drug-likeness (QED) is 0.439. The van der Waals surface area contributed by atoms with Gasteiger partial charge in [0.05, 0.1) is 12.1 Å². The zero-order valence-corrected chi connectivity index (χ0v) is 9.02. The molecule has 8 heteroatoms. The molecule has 3 aliphatic rings. The van der Waals surface area contributed by atoms with E-state index in [1.807, 2.05) is 0 Å². The molecule has 4 N–H and O–H groups in total. The highest BCUT2D eigenvalue weighted by atomic mass is 19.1. The number of hydrogen-bond donors (Lipinski definition) is 4. The van der Waals surface area contributed by atoms with E-state index in [0.717, 1.165) is 6.08 Å². The van der Waals surface area contributed by atoms with Gasteiger partial charge in [0, 0.05) is 6.08 Å². The third kappa shape index (κ3) is 1.65. The molecule has 4 unspecified atom stereocenters. The van der Waals surface area contributed by atoms with Gasteiger partial charge < -0.3 is 5.11 Å². The summed E-state index contributed by atoms with van der Waals surface area (Å²) in [5, 5.41) is 12.4. The van der Waals surface area contributed by atoms with Crippen LogP contribution in [0.4, 0.5) is 8.78 Å². The molecule has 6 nitrogen and oxygen atoms in total. The zero-order valence-electron chi connectivity index (χ0n) is 9.02. The fourth-order valence-corrected chi connectivity index (χ4v) is 2.22. The van der Waals surface area contributed by atoms with Gasteiger partial charge >= 0.3 is 0 Å². The summed E-state index contributed by atoms with van der Waals surface area (Å²) in [4.78, 5) is 15.5. The predicted octanol–water partition coefficient (Wildman–Crippen LogP) is -1.19. The van der Waals surface area contributed by atoms with Crippen molar-refractivity contribution in [2.45, 2.75) is 24.4 Å². The number of aliphatic hydroxyl groups excluding tert-OH is 1. The summed E-state index contributed by atoms with van der Waals surface area (Å²) in [5.74, 6) is -2.00. The van der Waals surface area contributed by atoms with Gasteiger partial charge in [-0.3, -0.25) is 20.5 Å². The fourth-order valence-electron chi connectivity index (χ4n) is 2.22. The van der Waals surface area contributed by atoms with Crippen LogP contribution in [0, 0.1) is 0 Å². The van der Waals surface area contributed by atoms with E-state index in [1.54, 1.807) is 0 Å². The standard InChI is InChI=1S/C10H10F2N4O2/c11-3-1-4(12)6-5(2-3)13-7-8(14-6)10(18)16-15-9(7)17/h1-2,5-7,9,13,15,17H,(H,16,18). The summed E-state index contributed by atoms with van der Waals surface area (Å²) in [6.45, 7) is 0. The van der Waals surface area contributed by atoms with Gasteiger partial charge in [0.2, 0.25) is 0 Å². The van der Waals surface area contributed by atoms with Crippen molar-refractivity contribution in [3.63, 3.8) is 0 Å². The predicted molar refractivity (Wildman–Crippen MR) is 57.6 cm³/mol. The number of rotatable bonds is 0. The van der Waals surface area contributed by atoms with E-state index in [1.165, 1.54) is 6.08 Å². The first-order valence-electron chi connectivity index (χ1n) is 5.38. The van der Waals surface area contributed by atoms with E-state index in [-0.39, 0.29) is 5.71 Å². The number of hydrogen-bond acceptors (Lipinski definition) is 5. The Bertz CT molecular complexity index is 502. The van der Waals surface area contributed by atoms with Gasteiger partial charge in [-0.15, -0.1) is 0 Å². The summed E-state index contributed by atoms with van der Waals surface area (Å²) >= 11 is 0. The van der Waals surface area contributed by atoms with Crippen molar-refractivity contribution in [2.24, 2.45) is 4.99 Å². The number of nitrogens with one attached hydrogen (secondary N) is 3. The summed E-state index contributed by atoms with van der Waals surface area (Å²) < 4.78 is 26.7. The van der Waals surface area contributed by atoms with Gasteiger partial charge in [0.1, 0.15) is 29.6 Å². The van der Waals surface area contributed by atoms with E-state index in [2.05, 4.69) is 21.2 Å². The molecule has 1 fully saturated rings. The first-order valence-corrected chi connectivity index (χ1v) is 5.38. The lowest BCUT2D eigenvalue weighted by Crippen LogP contribution is -2.70. The van der Waals surface area contributed by atoms with Gasteiger partial charge in [0.25, 0.3) is 5.91 Å². The number of aliphatic imine (C=N–C) groups is 1. The highest BCUT2D eigenvalue weighted by Gasteiger charge is 2.43. The Morgan fingerprint density at radius 3 is 2.94 bits per heavy atom. The average Bonchev–Trinajstić information content (AvgIpc) is 2.32. The molecular formula is C10H10F2N4O2. The van der Waals surface area contributed by atoms with Crippen LogP contribution in [0.3, 0.4) is 0 Å². The fraction of sp³-hybridized carbons (Fsp3) is 0.400. The van der Waals surface area contributed by atoms with Crippen molar-refractivity contribution in [3.8, 4) is 0 Å². The molecular weight excluding hydrogens is 246 g/mol. The maximum absolute atomic E-state index is 13.6. The van der Waals surface area contributed by atoms with Crippen molar-refractivity contribution in [1.82, 2.24) is 16.2 Å². The van der Waals surface area contributed by atoms with E-state index >= 15 is 0 Å². The Morgan fingerprint density at radius 1 is 1.39 bits per heavy atom. The van der Waals surface area contributed by atoms with E-state index in [0.29, 0.717) is 0 Å². The number of fused-ring (bicyclic) bond motifs is 2. The number of hydrazine groups is 1. The molecule has 1 amide bonds. The largest absolute Gasteiger partial charge is 0.375 e. The third-order valence-corrected chi connectivity index (χ3v) is 3.06. The molecule has 0 aromatic carbocycles. The lowest BCUT2D eigenvalue weighted by molar-refractivity contribution is -0.119. The molecule has 18 heavy (non-hydrogen) atoms. The smallest absolute Gasteiger partial charge is 0.281 e. The second-order valence-corrected chi connectivity index (χ2v) is 4.25. The Hall–Kier alpha value is -1.64. The highest BCUT2D eigenvalue weighted by Crippen LogP contribution is 2.27. The Labute approximate surface area is 100 Å². The maximum Gasteiger partial charge on any atom is 0.281 e. The van der Waals surface area contributed by atoms with Gasteiger partial charge in [-0.25, -0.2) is 14.2 Å². The molecule has 4 atom stereocenters. The Morgan fingerprint density at radius 2 is 2.17 bits per heavy atom. The summed E-state index contributed by atoms with van der Waals surface area (Å²) in [6, 6.07) is -2.48. The van der Waals surface area contributed by atoms with Gasteiger partial charge in [0.15, 0.2) is 0 Å². The van der Waals surface area contributed by atoms with Crippen molar-refractivity contribution in [2.75, 3.05) is 0 Å². The molecule has 0 spiro atoms. The molecule has 2 heterocycles. The second-order valence-electron chi connectivity index (χ2n) is 4.25. The molecule has 0 saturated carbocycles. The molecule has 0 bridgehead atoms. The first-order chi connectivity index (χ1) is 8.56. The summed E-state index contributed by atoms with van der Waals surface area (Å²) in [5.41, 5.74) is 4.55. The van der Waals surface area contributed by atoms with Crippen LogP contribution in [0.25, 0.3) is 0 Å². The second kappa shape index (κ2) is 3.94. The molecule has 0 radical (unpaired) electrons. The van der Waals surface area contributed by atoms with Crippen LogP contribution in [-0.2, 0) is 4.79 Å². The minimum absolute atomic E-state index is 0.00163. The van der Waals surface area contributed by atoms with Gasteiger partial charge in [-0.05, 0) is 6.08 Å². The monoisotopic (exact) mass is 256 g/mol. The number of aliphatic hydroxyl groups is 1. The van der Waals surface area contributed by atoms with Crippen LogP contribution in [-0.4, -0.2) is 41.1 Å². The van der Waals surface area contributed by atoms with Crippen LogP contribution < -0.4 is 16.2 Å². The number of carbonyl (C=O) groups is 1. The number of nitrogens with zero attached hydrogens (tertiary/aromatic N) is 1. The van der Waals surface area contributed by atoms with Crippen LogP contribution in [0.2, 0.25) is 0 Å². The molecule has 0 aromatic heterocycles. The molecule has 0 aromatic rings. The van der Waals surface area contributed by atoms with Crippen molar-refractivity contribution in [1.29, 1.82) is 0 Å². The van der Waals surface area contributed by atoms with Crippen molar-refractivity contribution >= 4 is 11.6 Å². The minimum atomic E-state index is -1.10.